The number of hydrogen-bond acceptors (Lipinski definition) is 4. The molecular formula is C21H18FN5O2. The van der Waals surface area contributed by atoms with Crippen molar-refractivity contribution in [3.05, 3.63) is 82.3 Å². The molecule has 4 rings (SSSR count). The largest absolute Gasteiger partial charge is 0.324 e. The van der Waals surface area contributed by atoms with Gasteiger partial charge in [-0.05, 0) is 55.3 Å². The molecule has 29 heavy (non-hydrogen) atoms. The SMILES string of the molecule is Cc1ccc(C)c(NC(=O)Cn2cnc3c(cnn3-c3ccc(F)cc3)c2=O)c1. The van der Waals surface area contributed by atoms with E-state index in [0.717, 1.165) is 11.1 Å². The van der Waals surface area contributed by atoms with Crippen LogP contribution < -0.4 is 10.9 Å². The summed E-state index contributed by atoms with van der Waals surface area (Å²) >= 11 is 0. The Bertz CT molecular complexity index is 1270. The number of aryl methyl sites for hydroxylation is 2. The summed E-state index contributed by atoms with van der Waals surface area (Å²) in [5, 5.41) is 7.29. The molecule has 0 aliphatic heterocycles. The van der Waals surface area contributed by atoms with Gasteiger partial charge in [-0.2, -0.15) is 5.10 Å². The van der Waals surface area contributed by atoms with E-state index in [-0.39, 0.29) is 29.2 Å². The van der Waals surface area contributed by atoms with Crippen molar-refractivity contribution in [3.63, 3.8) is 0 Å². The first-order valence-corrected chi connectivity index (χ1v) is 8.98. The van der Waals surface area contributed by atoms with Crippen molar-refractivity contribution >= 4 is 22.6 Å². The Morgan fingerprint density at radius 2 is 1.90 bits per heavy atom. The van der Waals surface area contributed by atoms with Gasteiger partial charge < -0.3 is 5.32 Å². The second-order valence-corrected chi connectivity index (χ2v) is 6.81. The molecule has 0 bridgehead atoms. The van der Waals surface area contributed by atoms with Gasteiger partial charge in [-0.3, -0.25) is 14.2 Å². The zero-order valence-corrected chi connectivity index (χ0v) is 15.9. The van der Waals surface area contributed by atoms with Crippen LogP contribution in [0.4, 0.5) is 10.1 Å². The van der Waals surface area contributed by atoms with E-state index in [0.29, 0.717) is 17.0 Å². The summed E-state index contributed by atoms with van der Waals surface area (Å²) < 4.78 is 15.8. The third-order valence-corrected chi connectivity index (χ3v) is 4.61. The number of anilines is 1. The molecule has 2 heterocycles. The van der Waals surface area contributed by atoms with E-state index >= 15 is 0 Å². The number of rotatable bonds is 4. The van der Waals surface area contributed by atoms with Crippen LogP contribution in [0.3, 0.4) is 0 Å². The average Bonchev–Trinajstić information content (AvgIpc) is 3.12. The van der Waals surface area contributed by atoms with Crippen LogP contribution in [0, 0.1) is 19.7 Å². The Kier molecular flexibility index (Phi) is 4.67. The molecule has 0 spiro atoms. The number of nitrogens with one attached hydrogen (secondary N) is 1. The molecule has 0 aliphatic rings. The highest BCUT2D eigenvalue weighted by Gasteiger charge is 2.14. The minimum Gasteiger partial charge on any atom is -0.324 e. The van der Waals surface area contributed by atoms with Gasteiger partial charge in [0.25, 0.3) is 5.56 Å². The molecule has 7 nitrogen and oxygen atoms in total. The van der Waals surface area contributed by atoms with Crippen LogP contribution in [0.15, 0.2) is 59.8 Å². The van der Waals surface area contributed by atoms with E-state index < -0.39 is 0 Å². The number of benzene rings is 2. The Morgan fingerprint density at radius 1 is 1.14 bits per heavy atom. The van der Waals surface area contributed by atoms with Crippen LogP contribution in [0.2, 0.25) is 0 Å². The standard InChI is InChI=1S/C21H18FN5O2/c1-13-3-4-14(2)18(9-13)25-19(28)11-26-12-23-20-17(21(26)29)10-24-27(20)16-7-5-15(22)6-8-16/h3-10,12H,11H2,1-2H3,(H,25,28). The average molecular weight is 391 g/mol. The molecule has 0 atom stereocenters. The maximum absolute atomic E-state index is 13.1. The molecule has 0 radical (unpaired) electrons. The van der Waals surface area contributed by atoms with Gasteiger partial charge in [-0.15, -0.1) is 0 Å². The van der Waals surface area contributed by atoms with Crippen LogP contribution in [-0.2, 0) is 11.3 Å². The topological polar surface area (TPSA) is 81.8 Å². The maximum atomic E-state index is 13.1. The van der Waals surface area contributed by atoms with Crippen LogP contribution in [0.25, 0.3) is 16.7 Å². The van der Waals surface area contributed by atoms with Crippen molar-refractivity contribution in [3.8, 4) is 5.69 Å². The van der Waals surface area contributed by atoms with Gasteiger partial charge in [-0.1, -0.05) is 12.1 Å². The molecule has 2 aromatic carbocycles. The highest BCUT2D eigenvalue weighted by Crippen LogP contribution is 2.17. The molecule has 0 saturated heterocycles. The summed E-state index contributed by atoms with van der Waals surface area (Å²) in [6.07, 6.45) is 2.71. The van der Waals surface area contributed by atoms with E-state index in [4.69, 9.17) is 0 Å². The molecule has 146 valence electrons. The Balaban J connectivity index is 1.61. The number of carbonyl (C=O) groups excluding carboxylic acids is 1. The summed E-state index contributed by atoms with van der Waals surface area (Å²) in [6, 6.07) is 11.5. The lowest BCUT2D eigenvalue weighted by Gasteiger charge is -2.10. The van der Waals surface area contributed by atoms with E-state index in [9.17, 15) is 14.0 Å². The van der Waals surface area contributed by atoms with Gasteiger partial charge in [0.15, 0.2) is 5.65 Å². The molecule has 1 N–H and O–H groups in total. The van der Waals surface area contributed by atoms with Crippen LogP contribution >= 0.6 is 0 Å². The minimum atomic E-state index is -0.375. The molecule has 0 saturated carbocycles. The lowest BCUT2D eigenvalue weighted by Crippen LogP contribution is -2.28. The van der Waals surface area contributed by atoms with Gasteiger partial charge in [0, 0.05) is 5.69 Å². The molecule has 2 aromatic heterocycles. The first kappa shape index (κ1) is 18.5. The van der Waals surface area contributed by atoms with Gasteiger partial charge in [-0.25, -0.2) is 14.1 Å². The first-order valence-electron chi connectivity index (χ1n) is 8.98. The smallest absolute Gasteiger partial charge is 0.264 e. The number of halogens is 1. The van der Waals surface area contributed by atoms with Crippen molar-refractivity contribution < 1.29 is 9.18 Å². The molecule has 1 amide bonds. The summed E-state index contributed by atoms with van der Waals surface area (Å²) in [5.74, 6) is -0.691. The number of hydrogen-bond donors (Lipinski definition) is 1. The highest BCUT2D eigenvalue weighted by atomic mass is 19.1. The molecule has 4 aromatic rings. The molecule has 0 aliphatic carbocycles. The number of nitrogens with zero attached hydrogens (tertiary/aromatic N) is 4. The second-order valence-electron chi connectivity index (χ2n) is 6.81. The van der Waals surface area contributed by atoms with Crippen LogP contribution in [0.1, 0.15) is 11.1 Å². The fourth-order valence-corrected chi connectivity index (χ4v) is 3.05. The fraction of sp³-hybridized carbons (Fsp3) is 0.143. The zero-order valence-electron chi connectivity index (χ0n) is 15.9. The molecule has 0 fully saturated rings. The van der Waals surface area contributed by atoms with Crippen molar-refractivity contribution in [2.45, 2.75) is 20.4 Å². The van der Waals surface area contributed by atoms with Crippen molar-refractivity contribution in [1.29, 1.82) is 0 Å². The van der Waals surface area contributed by atoms with Crippen LogP contribution in [0.5, 0.6) is 0 Å². The van der Waals surface area contributed by atoms with Gasteiger partial charge >= 0.3 is 0 Å². The predicted molar refractivity (Wildman–Crippen MR) is 108 cm³/mol. The van der Waals surface area contributed by atoms with Crippen LogP contribution in [-0.4, -0.2) is 25.2 Å². The number of carbonyl (C=O) groups is 1. The van der Waals surface area contributed by atoms with E-state index in [2.05, 4.69) is 15.4 Å². The van der Waals surface area contributed by atoms with E-state index in [1.54, 1.807) is 12.1 Å². The molecule has 8 heteroatoms. The number of aromatic nitrogens is 4. The summed E-state index contributed by atoms with van der Waals surface area (Å²) in [4.78, 5) is 29.5. The summed E-state index contributed by atoms with van der Waals surface area (Å²) in [7, 11) is 0. The van der Waals surface area contributed by atoms with Gasteiger partial charge in [0.2, 0.25) is 5.91 Å². The Labute approximate surface area is 165 Å². The number of fused-ring (bicyclic) bond motifs is 1. The summed E-state index contributed by atoms with van der Waals surface area (Å²) in [5.41, 5.74) is 3.22. The second kappa shape index (κ2) is 7.31. The lowest BCUT2D eigenvalue weighted by molar-refractivity contribution is -0.116. The maximum Gasteiger partial charge on any atom is 0.264 e. The summed E-state index contributed by atoms with van der Waals surface area (Å²) in [6.45, 7) is 3.67. The highest BCUT2D eigenvalue weighted by molar-refractivity contribution is 5.91. The Morgan fingerprint density at radius 3 is 2.66 bits per heavy atom. The third kappa shape index (κ3) is 3.64. The predicted octanol–water partition coefficient (Wildman–Crippen LogP) is 2.98. The van der Waals surface area contributed by atoms with Crippen molar-refractivity contribution in [2.75, 3.05) is 5.32 Å². The van der Waals surface area contributed by atoms with Gasteiger partial charge in [0.05, 0.1) is 11.9 Å². The Hall–Kier alpha value is -3.81. The third-order valence-electron chi connectivity index (χ3n) is 4.61. The minimum absolute atomic E-state index is 0.170. The van der Waals surface area contributed by atoms with E-state index in [1.165, 1.54) is 33.9 Å². The van der Waals surface area contributed by atoms with Gasteiger partial charge in [0.1, 0.15) is 24.1 Å². The quantitative estimate of drug-likeness (QED) is 0.580. The zero-order chi connectivity index (χ0) is 20.5. The molecular weight excluding hydrogens is 373 g/mol. The van der Waals surface area contributed by atoms with E-state index in [1.807, 2.05) is 32.0 Å². The van der Waals surface area contributed by atoms with Crippen molar-refractivity contribution in [1.82, 2.24) is 19.3 Å². The number of amides is 1. The lowest BCUT2D eigenvalue weighted by atomic mass is 10.1. The normalized spacial score (nSPS) is 11.0. The fourth-order valence-electron chi connectivity index (χ4n) is 3.05. The first-order chi connectivity index (χ1) is 13.9. The monoisotopic (exact) mass is 391 g/mol. The van der Waals surface area contributed by atoms with Crippen molar-refractivity contribution in [2.24, 2.45) is 0 Å². The molecule has 0 unspecified atom stereocenters.